The van der Waals surface area contributed by atoms with Gasteiger partial charge in [0.05, 0.1) is 0 Å². The van der Waals surface area contributed by atoms with Crippen molar-refractivity contribution in [2.24, 2.45) is 5.92 Å². The van der Waals surface area contributed by atoms with Crippen LogP contribution in [0.25, 0.3) is 0 Å². The number of hydrogen-bond donors (Lipinski definition) is 1. The lowest BCUT2D eigenvalue weighted by atomic mass is 9.76. The summed E-state index contributed by atoms with van der Waals surface area (Å²) >= 11 is 0. The van der Waals surface area contributed by atoms with Gasteiger partial charge in [0.15, 0.2) is 0 Å². The average Bonchev–Trinajstić information content (AvgIpc) is 3.31. The van der Waals surface area contributed by atoms with E-state index in [2.05, 4.69) is 48.3 Å². The molecule has 1 heterocycles. The lowest BCUT2D eigenvalue weighted by Gasteiger charge is -2.50. The zero-order chi connectivity index (χ0) is 14.4. The van der Waals surface area contributed by atoms with Crippen molar-refractivity contribution in [1.82, 2.24) is 10.2 Å². The van der Waals surface area contributed by atoms with Gasteiger partial charge < -0.3 is 5.32 Å². The summed E-state index contributed by atoms with van der Waals surface area (Å²) in [5.74, 6) is 1.73. The molecule has 1 aliphatic heterocycles. The maximum Gasteiger partial charge on any atom is 0.0304 e. The fraction of sp³-hybridized carbons (Fsp3) is 0.684. The van der Waals surface area contributed by atoms with E-state index in [1.54, 1.807) is 11.1 Å². The molecule has 0 amide bonds. The molecule has 1 aromatic carbocycles. The quantitative estimate of drug-likeness (QED) is 0.913. The molecule has 0 bridgehead atoms. The number of hydrogen-bond acceptors (Lipinski definition) is 2. The monoisotopic (exact) mass is 284 g/mol. The Kier molecular flexibility index (Phi) is 3.35. The molecular weight excluding hydrogens is 256 g/mol. The summed E-state index contributed by atoms with van der Waals surface area (Å²) in [4.78, 5) is 2.81. The minimum Gasteiger partial charge on any atom is -0.311 e. The highest BCUT2D eigenvalue weighted by Gasteiger charge is 2.43. The van der Waals surface area contributed by atoms with Crippen LogP contribution in [0.15, 0.2) is 24.3 Å². The van der Waals surface area contributed by atoms with Gasteiger partial charge in [0, 0.05) is 37.1 Å². The van der Waals surface area contributed by atoms with E-state index in [0.717, 1.165) is 17.9 Å². The summed E-state index contributed by atoms with van der Waals surface area (Å²) in [5, 5.41) is 3.84. The van der Waals surface area contributed by atoms with Crippen molar-refractivity contribution in [3.05, 3.63) is 35.4 Å². The van der Waals surface area contributed by atoms with E-state index in [1.807, 2.05) is 0 Å². The topological polar surface area (TPSA) is 15.3 Å². The SMILES string of the molecule is CCC1(C)CNC(C2CC2)CN1CC1Cc2ccccc21. The maximum atomic E-state index is 3.84. The van der Waals surface area contributed by atoms with Crippen LogP contribution in [0.2, 0.25) is 0 Å². The summed E-state index contributed by atoms with van der Waals surface area (Å²) < 4.78 is 0. The van der Waals surface area contributed by atoms with Crippen LogP contribution in [-0.4, -0.2) is 36.1 Å². The molecule has 3 atom stereocenters. The van der Waals surface area contributed by atoms with E-state index < -0.39 is 0 Å². The minimum absolute atomic E-state index is 0.343. The summed E-state index contributed by atoms with van der Waals surface area (Å²) in [5.41, 5.74) is 3.53. The molecule has 3 aliphatic rings. The van der Waals surface area contributed by atoms with Crippen molar-refractivity contribution >= 4 is 0 Å². The Morgan fingerprint density at radius 1 is 1.29 bits per heavy atom. The highest BCUT2D eigenvalue weighted by atomic mass is 15.3. The van der Waals surface area contributed by atoms with Crippen LogP contribution in [0, 0.1) is 5.92 Å². The molecular formula is C19H28N2. The standard InChI is InChI=1S/C19H28N2/c1-3-19(2)13-20-18(14-8-9-14)12-21(19)11-16-10-15-6-4-5-7-17(15)16/h4-7,14,16,18,20H,3,8-13H2,1-2H3. The van der Waals surface area contributed by atoms with E-state index in [4.69, 9.17) is 0 Å². The Hall–Kier alpha value is -0.860. The molecule has 1 N–H and O–H groups in total. The summed E-state index contributed by atoms with van der Waals surface area (Å²) in [6.07, 6.45) is 5.42. The normalized spacial score (nSPS) is 36.1. The molecule has 0 radical (unpaired) electrons. The zero-order valence-corrected chi connectivity index (χ0v) is 13.4. The summed E-state index contributed by atoms with van der Waals surface area (Å²) in [6.45, 7) is 8.48. The first-order valence-electron chi connectivity index (χ1n) is 8.76. The lowest BCUT2D eigenvalue weighted by molar-refractivity contribution is 0.0365. The predicted octanol–water partition coefficient (Wildman–Crippen LogP) is 3.18. The Labute approximate surface area is 128 Å². The summed E-state index contributed by atoms with van der Waals surface area (Å²) in [7, 11) is 0. The van der Waals surface area contributed by atoms with Crippen molar-refractivity contribution in [3.63, 3.8) is 0 Å². The second-order valence-electron chi connectivity index (χ2n) is 7.68. The van der Waals surface area contributed by atoms with Gasteiger partial charge in [-0.2, -0.15) is 0 Å². The molecule has 3 unspecified atom stereocenters. The van der Waals surface area contributed by atoms with Gasteiger partial charge >= 0.3 is 0 Å². The smallest absolute Gasteiger partial charge is 0.0304 e. The number of rotatable bonds is 4. The Morgan fingerprint density at radius 2 is 2.10 bits per heavy atom. The van der Waals surface area contributed by atoms with E-state index in [1.165, 1.54) is 45.3 Å². The molecule has 114 valence electrons. The lowest BCUT2D eigenvalue weighted by Crippen LogP contribution is -2.64. The fourth-order valence-electron chi connectivity index (χ4n) is 4.23. The van der Waals surface area contributed by atoms with Gasteiger partial charge in [-0.15, -0.1) is 0 Å². The summed E-state index contributed by atoms with van der Waals surface area (Å²) in [6, 6.07) is 9.77. The van der Waals surface area contributed by atoms with Gasteiger partial charge in [0.1, 0.15) is 0 Å². The number of benzene rings is 1. The van der Waals surface area contributed by atoms with Crippen LogP contribution in [0.4, 0.5) is 0 Å². The molecule has 21 heavy (non-hydrogen) atoms. The van der Waals surface area contributed by atoms with Gasteiger partial charge in [0.2, 0.25) is 0 Å². The highest BCUT2D eigenvalue weighted by molar-refractivity contribution is 5.40. The molecule has 0 aromatic heterocycles. The van der Waals surface area contributed by atoms with Crippen LogP contribution in [0.3, 0.4) is 0 Å². The van der Waals surface area contributed by atoms with Gasteiger partial charge in [-0.25, -0.2) is 0 Å². The fourth-order valence-corrected chi connectivity index (χ4v) is 4.23. The maximum absolute atomic E-state index is 3.84. The van der Waals surface area contributed by atoms with Crippen LogP contribution in [0.5, 0.6) is 0 Å². The molecule has 2 heteroatoms. The first-order valence-corrected chi connectivity index (χ1v) is 8.76. The first kappa shape index (κ1) is 13.8. The van der Waals surface area contributed by atoms with E-state index in [9.17, 15) is 0 Å². The molecule has 1 saturated carbocycles. The number of nitrogens with zero attached hydrogens (tertiary/aromatic N) is 1. The highest BCUT2D eigenvalue weighted by Crippen LogP contribution is 2.40. The van der Waals surface area contributed by atoms with Crippen LogP contribution in [-0.2, 0) is 6.42 Å². The predicted molar refractivity (Wildman–Crippen MR) is 87.7 cm³/mol. The van der Waals surface area contributed by atoms with Crippen LogP contribution in [0.1, 0.15) is 50.2 Å². The van der Waals surface area contributed by atoms with Crippen molar-refractivity contribution in [3.8, 4) is 0 Å². The van der Waals surface area contributed by atoms with Gasteiger partial charge in [-0.05, 0) is 49.7 Å². The molecule has 4 rings (SSSR count). The van der Waals surface area contributed by atoms with E-state index in [-0.39, 0.29) is 0 Å². The van der Waals surface area contributed by atoms with Gasteiger partial charge in [-0.1, -0.05) is 31.2 Å². The molecule has 1 aromatic rings. The van der Waals surface area contributed by atoms with Crippen molar-refractivity contribution in [1.29, 1.82) is 0 Å². The number of fused-ring (bicyclic) bond motifs is 1. The third-order valence-electron chi connectivity index (χ3n) is 6.28. The van der Waals surface area contributed by atoms with Crippen molar-refractivity contribution in [2.75, 3.05) is 19.6 Å². The van der Waals surface area contributed by atoms with Crippen molar-refractivity contribution < 1.29 is 0 Å². The number of piperazine rings is 1. The number of nitrogens with one attached hydrogen (secondary N) is 1. The zero-order valence-electron chi connectivity index (χ0n) is 13.4. The molecule has 2 nitrogen and oxygen atoms in total. The van der Waals surface area contributed by atoms with E-state index in [0.29, 0.717) is 5.54 Å². The molecule has 2 fully saturated rings. The second-order valence-corrected chi connectivity index (χ2v) is 7.68. The van der Waals surface area contributed by atoms with E-state index >= 15 is 0 Å². The Balaban J connectivity index is 1.48. The van der Waals surface area contributed by atoms with Gasteiger partial charge in [-0.3, -0.25) is 4.90 Å². The van der Waals surface area contributed by atoms with Crippen LogP contribution >= 0.6 is 0 Å². The Bertz CT molecular complexity index is 522. The van der Waals surface area contributed by atoms with Crippen LogP contribution < -0.4 is 5.32 Å². The molecule has 0 spiro atoms. The van der Waals surface area contributed by atoms with Gasteiger partial charge in [0.25, 0.3) is 0 Å². The minimum atomic E-state index is 0.343. The third-order valence-corrected chi connectivity index (χ3v) is 6.28. The average molecular weight is 284 g/mol. The first-order chi connectivity index (χ1) is 10.2. The second kappa shape index (κ2) is 5.10. The third kappa shape index (κ3) is 2.43. The van der Waals surface area contributed by atoms with Crippen molar-refractivity contribution in [2.45, 2.75) is 57.0 Å². The Morgan fingerprint density at radius 3 is 2.81 bits per heavy atom. The molecule has 1 saturated heterocycles. The molecule has 2 aliphatic carbocycles. The largest absolute Gasteiger partial charge is 0.311 e.